The first-order valence-electron chi connectivity index (χ1n) is 6.68. The minimum atomic E-state index is -2.88. The lowest BCUT2D eigenvalue weighted by molar-refractivity contribution is 0.389. The van der Waals surface area contributed by atoms with Crippen molar-refractivity contribution in [2.75, 3.05) is 24.6 Å². The highest BCUT2D eigenvalue weighted by Gasteiger charge is 2.39. The number of hydrogen-bond donors (Lipinski definition) is 1. The van der Waals surface area contributed by atoms with Gasteiger partial charge in [-0.05, 0) is 38.4 Å². The van der Waals surface area contributed by atoms with Crippen LogP contribution in [-0.4, -0.2) is 48.6 Å². The predicted octanol–water partition coefficient (Wildman–Crippen LogP) is 1.31. The molecule has 0 bridgehead atoms. The van der Waals surface area contributed by atoms with Gasteiger partial charge in [0.1, 0.15) is 0 Å². The van der Waals surface area contributed by atoms with Crippen LogP contribution in [-0.2, 0) is 9.84 Å². The second-order valence-corrected chi connectivity index (χ2v) is 8.30. The van der Waals surface area contributed by atoms with E-state index in [1.54, 1.807) is 0 Å². The summed E-state index contributed by atoms with van der Waals surface area (Å²) in [5.74, 6) is 0.479. The minimum Gasteiger partial charge on any atom is -0.356 e. The number of hydrogen-bond acceptors (Lipinski definition) is 3. The maximum atomic E-state index is 11.6. The van der Waals surface area contributed by atoms with Gasteiger partial charge in [0.2, 0.25) is 0 Å². The van der Waals surface area contributed by atoms with Crippen molar-refractivity contribution in [3.05, 3.63) is 0 Å². The van der Waals surface area contributed by atoms with E-state index in [1.807, 2.05) is 6.92 Å². The van der Waals surface area contributed by atoms with E-state index in [4.69, 9.17) is 12.2 Å². The Balaban J connectivity index is 1.94. The van der Waals surface area contributed by atoms with Crippen LogP contribution in [0.15, 0.2) is 0 Å². The third-order valence-electron chi connectivity index (χ3n) is 3.81. The third kappa shape index (κ3) is 3.57. The van der Waals surface area contributed by atoms with E-state index in [1.165, 1.54) is 25.7 Å². The second-order valence-electron chi connectivity index (χ2n) is 5.73. The molecule has 6 heteroatoms. The lowest BCUT2D eigenvalue weighted by atomic mass is 10.0. The fourth-order valence-corrected chi connectivity index (χ4v) is 5.24. The van der Waals surface area contributed by atoms with Crippen molar-refractivity contribution < 1.29 is 8.42 Å². The molecule has 2 fully saturated rings. The molecule has 2 aliphatic heterocycles. The van der Waals surface area contributed by atoms with E-state index in [0.717, 1.165) is 18.2 Å². The molecule has 0 amide bonds. The molecule has 1 N–H and O–H groups in total. The van der Waals surface area contributed by atoms with Crippen LogP contribution in [0.3, 0.4) is 0 Å². The number of sulfone groups is 1. The highest BCUT2D eigenvalue weighted by atomic mass is 32.2. The molecule has 2 heterocycles. The summed E-state index contributed by atoms with van der Waals surface area (Å²) in [5, 5.41) is 4.02. The van der Waals surface area contributed by atoms with Crippen LogP contribution in [0.25, 0.3) is 0 Å². The largest absolute Gasteiger partial charge is 0.356 e. The van der Waals surface area contributed by atoms with Crippen LogP contribution in [0.5, 0.6) is 0 Å². The average molecular weight is 290 g/mol. The Labute approximate surface area is 115 Å². The Kier molecular flexibility index (Phi) is 4.16. The van der Waals surface area contributed by atoms with Gasteiger partial charge in [0.05, 0.1) is 17.0 Å². The van der Waals surface area contributed by atoms with Crippen LogP contribution in [0, 0.1) is 0 Å². The molecule has 4 nitrogen and oxygen atoms in total. The van der Waals surface area contributed by atoms with E-state index in [-0.39, 0.29) is 17.0 Å². The topological polar surface area (TPSA) is 49.4 Å². The van der Waals surface area contributed by atoms with Crippen molar-refractivity contribution in [1.82, 2.24) is 10.2 Å². The summed E-state index contributed by atoms with van der Waals surface area (Å²) in [6.07, 6.45) is 5.55. The van der Waals surface area contributed by atoms with E-state index in [2.05, 4.69) is 10.2 Å². The van der Waals surface area contributed by atoms with Crippen LogP contribution < -0.4 is 5.32 Å². The molecule has 2 saturated heterocycles. The number of likely N-dealkylation sites (tertiary alicyclic amines) is 1. The Bertz CT molecular complexity index is 414. The van der Waals surface area contributed by atoms with Crippen LogP contribution in [0.1, 0.15) is 39.0 Å². The Morgan fingerprint density at radius 2 is 1.83 bits per heavy atom. The smallest absolute Gasteiger partial charge is 0.169 e. The lowest BCUT2D eigenvalue weighted by Gasteiger charge is -2.31. The first-order chi connectivity index (χ1) is 8.40. The number of nitrogens with one attached hydrogen (secondary N) is 1. The van der Waals surface area contributed by atoms with Crippen LogP contribution >= 0.6 is 12.2 Å². The SMILES string of the molecule is C[C@]1(NC(=S)N2CCCCCC2)CCS(=O)(=O)C1. The van der Waals surface area contributed by atoms with Gasteiger partial charge < -0.3 is 10.2 Å². The molecule has 1 atom stereocenters. The molecule has 104 valence electrons. The van der Waals surface area contributed by atoms with Gasteiger partial charge in [0, 0.05) is 13.1 Å². The zero-order valence-corrected chi connectivity index (χ0v) is 12.6. The van der Waals surface area contributed by atoms with Gasteiger partial charge in [-0.25, -0.2) is 8.42 Å². The molecule has 0 aromatic carbocycles. The molecule has 0 spiro atoms. The highest BCUT2D eigenvalue weighted by molar-refractivity contribution is 7.91. The molecule has 18 heavy (non-hydrogen) atoms. The van der Waals surface area contributed by atoms with E-state index < -0.39 is 9.84 Å². The second kappa shape index (κ2) is 5.33. The number of nitrogens with zero attached hydrogens (tertiary/aromatic N) is 1. The molecule has 0 aromatic rings. The summed E-state index contributed by atoms with van der Waals surface area (Å²) in [5.41, 5.74) is -0.373. The molecule has 0 radical (unpaired) electrons. The van der Waals surface area contributed by atoms with E-state index in [0.29, 0.717) is 6.42 Å². The number of thiocarbonyl (C=S) groups is 1. The van der Waals surface area contributed by atoms with Gasteiger partial charge in [0.15, 0.2) is 14.9 Å². The molecule has 2 rings (SSSR count). The average Bonchev–Trinajstić information content (AvgIpc) is 2.49. The van der Waals surface area contributed by atoms with Gasteiger partial charge in [-0.3, -0.25) is 0 Å². The molecule has 0 aliphatic carbocycles. The lowest BCUT2D eigenvalue weighted by Crippen LogP contribution is -2.52. The summed E-state index contributed by atoms with van der Waals surface area (Å²) in [7, 11) is -2.88. The quantitative estimate of drug-likeness (QED) is 0.738. The zero-order chi connectivity index (χ0) is 13.2. The molecule has 2 aliphatic rings. The molecule has 0 unspecified atom stereocenters. The summed E-state index contributed by atoms with van der Waals surface area (Å²) in [6.45, 7) is 3.95. The Morgan fingerprint density at radius 1 is 1.22 bits per heavy atom. The van der Waals surface area contributed by atoms with Crippen molar-refractivity contribution in [1.29, 1.82) is 0 Å². The first kappa shape index (κ1) is 14.1. The summed E-state index contributed by atoms with van der Waals surface area (Å²) < 4.78 is 23.1. The van der Waals surface area contributed by atoms with E-state index >= 15 is 0 Å². The minimum absolute atomic E-state index is 0.202. The fourth-order valence-electron chi connectivity index (χ4n) is 2.72. The van der Waals surface area contributed by atoms with Gasteiger partial charge in [-0.2, -0.15) is 0 Å². The van der Waals surface area contributed by atoms with Crippen molar-refractivity contribution in [2.24, 2.45) is 0 Å². The van der Waals surface area contributed by atoms with Crippen LogP contribution in [0.2, 0.25) is 0 Å². The Hall–Kier alpha value is -0.360. The van der Waals surface area contributed by atoms with Crippen molar-refractivity contribution >= 4 is 27.2 Å². The maximum Gasteiger partial charge on any atom is 0.169 e. The predicted molar refractivity (Wildman–Crippen MR) is 77.5 cm³/mol. The molecular formula is C12H22N2O2S2. The highest BCUT2D eigenvalue weighted by Crippen LogP contribution is 2.23. The number of rotatable bonds is 1. The van der Waals surface area contributed by atoms with Gasteiger partial charge >= 0.3 is 0 Å². The Morgan fingerprint density at radius 3 is 2.33 bits per heavy atom. The van der Waals surface area contributed by atoms with Crippen LogP contribution in [0.4, 0.5) is 0 Å². The van der Waals surface area contributed by atoms with E-state index in [9.17, 15) is 8.42 Å². The molecule has 0 saturated carbocycles. The fraction of sp³-hybridized carbons (Fsp3) is 0.917. The third-order valence-corrected chi connectivity index (χ3v) is 6.07. The zero-order valence-electron chi connectivity index (χ0n) is 10.9. The standard InChI is InChI=1S/C12H22N2O2S2/c1-12(6-9-18(15,16)10-12)13-11(17)14-7-4-2-3-5-8-14/h2-10H2,1H3,(H,13,17)/t12-/m0/s1. The summed E-state index contributed by atoms with van der Waals surface area (Å²) in [6, 6.07) is 0. The monoisotopic (exact) mass is 290 g/mol. The van der Waals surface area contributed by atoms with Gasteiger partial charge in [-0.1, -0.05) is 12.8 Å². The van der Waals surface area contributed by atoms with Crippen molar-refractivity contribution in [3.63, 3.8) is 0 Å². The van der Waals surface area contributed by atoms with Gasteiger partial charge in [0.25, 0.3) is 0 Å². The van der Waals surface area contributed by atoms with Crippen molar-refractivity contribution in [2.45, 2.75) is 44.6 Å². The summed E-state index contributed by atoms with van der Waals surface area (Å²) >= 11 is 5.44. The molecular weight excluding hydrogens is 268 g/mol. The van der Waals surface area contributed by atoms with Gasteiger partial charge in [-0.15, -0.1) is 0 Å². The molecule has 0 aromatic heterocycles. The normalized spacial score (nSPS) is 31.9. The maximum absolute atomic E-state index is 11.6. The van der Waals surface area contributed by atoms with Crippen molar-refractivity contribution in [3.8, 4) is 0 Å². The first-order valence-corrected chi connectivity index (χ1v) is 8.91. The summed E-state index contributed by atoms with van der Waals surface area (Å²) in [4.78, 5) is 2.19.